The van der Waals surface area contributed by atoms with Crippen LogP contribution in [0.3, 0.4) is 0 Å². The molecule has 36 heavy (non-hydrogen) atoms. The van der Waals surface area contributed by atoms with E-state index in [0.717, 1.165) is 12.1 Å². The number of aryl methyl sites for hydroxylation is 1. The van der Waals surface area contributed by atoms with Gasteiger partial charge in [0.05, 0.1) is 22.8 Å². The molecule has 190 valence electrons. The summed E-state index contributed by atoms with van der Waals surface area (Å²) in [5, 5.41) is 9.16. The molecule has 2 saturated heterocycles. The van der Waals surface area contributed by atoms with Gasteiger partial charge in [0, 0.05) is 51.3 Å². The number of amides is 2. The number of rotatable bonds is 3. The van der Waals surface area contributed by atoms with Crippen molar-refractivity contribution < 1.29 is 22.8 Å². The zero-order valence-electron chi connectivity index (χ0n) is 20.5. The van der Waals surface area contributed by atoms with Crippen LogP contribution in [0.4, 0.5) is 18.9 Å². The second-order valence-electron chi connectivity index (χ2n) is 9.85. The van der Waals surface area contributed by atoms with Gasteiger partial charge in [-0.3, -0.25) is 14.6 Å². The fraction of sp³-hybridized carbons (Fsp3) is 0.462. The number of nitrogens with zero attached hydrogens (tertiary/aromatic N) is 5. The number of benzene rings is 1. The minimum Gasteiger partial charge on any atom is -0.359 e. The summed E-state index contributed by atoms with van der Waals surface area (Å²) in [7, 11) is 3.26. The van der Waals surface area contributed by atoms with Gasteiger partial charge >= 0.3 is 6.18 Å². The number of anilines is 1. The summed E-state index contributed by atoms with van der Waals surface area (Å²) >= 11 is 0. The molecule has 0 radical (unpaired) electrons. The predicted molar refractivity (Wildman–Crippen MR) is 127 cm³/mol. The molecule has 1 aromatic carbocycles. The van der Waals surface area contributed by atoms with Gasteiger partial charge in [-0.05, 0) is 61.9 Å². The topological polar surface area (TPSA) is 80.5 Å². The Hall–Kier alpha value is -3.61. The second kappa shape index (κ2) is 9.45. The van der Waals surface area contributed by atoms with E-state index in [-0.39, 0.29) is 22.9 Å². The van der Waals surface area contributed by atoms with Crippen molar-refractivity contribution in [1.29, 1.82) is 5.26 Å². The van der Waals surface area contributed by atoms with Gasteiger partial charge in [-0.1, -0.05) is 0 Å². The zero-order chi connectivity index (χ0) is 26.3. The van der Waals surface area contributed by atoms with Gasteiger partial charge in [0.1, 0.15) is 6.04 Å². The summed E-state index contributed by atoms with van der Waals surface area (Å²) in [5.74, 6) is -0.276. The van der Waals surface area contributed by atoms with Crippen LogP contribution >= 0.6 is 0 Å². The Kier molecular flexibility index (Phi) is 6.69. The number of carbonyl (C=O) groups excluding carboxylic acids is 2. The highest BCUT2D eigenvalue weighted by molar-refractivity contribution is 5.95. The lowest BCUT2D eigenvalue weighted by molar-refractivity contribution is -0.137. The summed E-state index contributed by atoms with van der Waals surface area (Å²) in [6, 6.07) is 8.07. The molecule has 2 fully saturated rings. The number of pyridine rings is 1. The number of hydrogen-bond donors (Lipinski definition) is 0. The highest BCUT2D eigenvalue weighted by Gasteiger charge is 2.49. The van der Waals surface area contributed by atoms with Crippen molar-refractivity contribution in [3.8, 4) is 6.07 Å². The number of alkyl halides is 3. The molecule has 2 amide bonds. The van der Waals surface area contributed by atoms with Crippen molar-refractivity contribution in [2.75, 3.05) is 38.6 Å². The Balaban J connectivity index is 1.60. The molecule has 2 aliphatic rings. The van der Waals surface area contributed by atoms with E-state index in [1.54, 1.807) is 55.2 Å². The Labute approximate surface area is 208 Å². The van der Waals surface area contributed by atoms with Crippen LogP contribution in [0.2, 0.25) is 0 Å². The molecule has 1 aromatic heterocycles. The lowest BCUT2D eigenvalue weighted by atomic mass is 9.76. The maximum Gasteiger partial charge on any atom is 0.417 e. The first kappa shape index (κ1) is 25.5. The molecule has 4 rings (SSSR count). The van der Waals surface area contributed by atoms with E-state index in [9.17, 15) is 22.8 Å². The first-order chi connectivity index (χ1) is 17.0. The number of halogens is 3. The van der Waals surface area contributed by atoms with Gasteiger partial charge < -0.3 is 14.7 Å². The van der Waals surface area contributed by atoms with Crippen LogP contribution in [0.1, 0.15) is 46.4 Å². The van der Waals surface area contributed by atoms with Gasteiger partial charge in [0.15, 0.2) is 0 Å². The van der Waals surface area contributed by atoms with Crippen LogP contribution in [-0.2, 0) is 11.0 Å². The van der Waals surface area contributed by atoms with E-state index in [4.69, 9.17) is 5.26 Å². The molecule has 0 bridgehead atoms. The number of carbonyl (C=O) groups is 2. The van der Waals surface area contributed by atoms with Crippen LogP contribution in [0.15, 0.2) is 36.5 Å². The SMILES string of the molecule is Cc1ncccc1C(=O)N1CCC2(CC1)CC(C(=O)N(C)C)N(c1ccc(C#N)c(C(F)(F)F)c1)C2. The van der Waals surface area contributed by atoms with Gasteiger partial charge in [0.2, 0.25) is 5.91 Å². The number of likely N-dealkylation sites (tertiary alicyclic amines) is 1. The van der Waals surface area contributed by atoms with Crippen molar-refractivity contribution in [2.45, 2.75) is 38.4 Å². The average molecular weight is 500 g/mol. The lowest BCUT2D eigenvalue weighted by Crippen LogP contribution is -2.44. The zero-order valence-corrected chi connectivity index (χ0v) is 20.5. The van der Waals surface area contributed by atoms with Crippen LogP contribution in [0.5, 0.6) is 0 Å². The lowest BCUT2D eigenvalue weighted by Gasteiger charge is -2.39. The third-order valence-corrected chi connectivity index (χ3v) is 7.34. The molecule has 0 saturated carbocycles. The normalized spacial score (nSPS) is 19.3. The standard InChI is InChI=1S/C26H28F3N5O2/c1-17-20(5-4-10-31-17)23(35)33-11-8-25(9-12-33)14-22(24(36)32(2)3)34(16-25)19-7-6-18(15-30)21(13-19)26(27,28)29/h4-7,10,13,22H,8-9,11-12,14,16H2,1-3H3. The highest BCUT2D eigenvalue weighted by atomic mass is 19.4. The molecular formula is C26H28F3N5O2. The van der Waals surface area contributed by atoms with Crippen LogP contribution in [0.25, 0.3) is 0 Å². The largest absolute Gasteiger partial charge is 0.417 e. The molecule has 0 aliphatic carbocycles. The number of hydrogen-bond acceptors (Lipinski definition) is 5. The van der Waals surface area contributed by atoms with E-state index in [1.807, 2.05) is 0 Å². The first-order valence-electron chi connectivity index (χ1n) is 11.8. The molecule has 10 heteroatoms. The third kappa shape index (κ3) is 4.74. The summed E-state index contributed by atoms with van der Waals surface area (Å²) < 4.78 is 40.9. The Morgan fingerprint density at radius 3 is 2.47 bits per heavy atom. The third-order valence-electron chi connectivity index (χ3n) is 7.34. The minimum atomic E-state index is -4.68. The van der Waals surface area contributed by atoms with Crippen molar-refractivity contribution in [3.05, 3.63) is 58.9 Å². The molecule has 0 N–H and O–H groups in total. The first-order valence-corrected chi connectivity index (χ1v) is 11.8. The average Bonchev–Trinajstić information content (AvgIpc) is 3.21. The van der Waals surface area contributed by atoms with Crippen LogP contribution in [0, 0.1) is 23.7 Å². The molecule has 2 aliphatic heterocycles. The van der Waals surface area contributed by atoms with Gasteiger partial charge in [-0.2, -0.15) is 18.4 Å². The second-order valence-corrected chi connectivity index (χ2v) is 9.85. The molecule has 1 spiro atoms. The summed E-state index contributed by atoms with van der Waals surface area (Å²) in [6.07, 6.45) is -1.29. The van der Waals surface area contributed by atoms with Crippen LogP contribution in [-0.4, -0.2) is 66.4 Å². The summed E-state index contributed by atoms with van der Waals surface area (Å²) in [6.45, 7) is 3.17. The van der Waals surface area contributed by atoms with Crippen molar-refractivity contribution in [1.82, 2.24) is 14.8 Å². The summed E-state index contributed by atoms with van der Waals surface area (Å²) in [5.41, 5.74) is -0.293. The van der Waals surface area contributed by atoms with E-state index < -0.39 is 23.3 Å². The number of likely N-dealkylation sites (N-methyl/N-ethyl adjacent to an activating group) is 1. The maximum absolute atomic E-state index is 13.6. The van der Waals surface area contributed by atoms with Gasteiger partial charge in [-0.25, -0.2) is 0 Å². The Morgan fingerprint density at radius 2 is 1.89 bits per heavy atom. The van der Waals surface area contributed by atoms with Crippen molar-refractivity contribution in [3.63, 3.8) is 0 Å². The molecular weight excluding hydrogens is 471 g/mol. The smallest absolute Gasteiger partial charge is 0.359 e. The Morgan fingerprint density at radius 1 is 1.19 bits per heavy atom. The molecule has 1 unspecified atom stereocenters. The van der Waals surface area contributed by atoms with E-state index >= 15 is 0 Å². The number of piperidine rings is 1. The van der Waals surface area contributed by atoms with E-state index in [1.165, 1.54) is 11.0 Å². The van der Waals surface area contributed by atoms with E-state index in [0.29, 0.717) is 50.2 Å². The molecule has 2 aromatic rings. The molecule has 3 heterocycles. The highest BCUT2D eigenvalue weighted by Crippen LogP contribution is 2.46. The van der Waals surface area contributed by atoms with Gasteiger partial charge in [-0.15, -0.1) is 0 Å². The van der Waals surface area contributed by atoms with E-state index in [2.05, 4.69) is 4.98 Å². The Bertz CT molecular complexity index is 1210. The van der Waals surface area contributed by atoms with Crippen LogP contribution < -0.4 is 4.90 Å². The molecule has 1 atom stereocenters. The number of nitriles is 1. The quantitative estimate of drug-likeness (QED) is 0.641. The predicted octanol–water partition coefficient (Wildman–Crippen LogP) is 3.87. The maximum atomic E-state index is 13.6. The number of aromatic nitrogens is 1. The minimum absolute atomic E-state index is 0.0897. The molecule has 7 nitrogen and oxygen atoms in total. The van der Waals surface area contributed by atoms with Gasteiger partial charge in [0.25, 0.3) is 5.91 Å². The monoisotopic (exact) mass is 499 g/mol. The van der Waals surface area contributed by atoms with Crippen molar-refractivity contribution in [2.24, 2.45) is 5.41 Å². The summed E-state index contributed by atoms with van der Waals surface area (Å²) in [4.78, 5) is 35.3. The fourth-order valence-corrected chi connectivity index (χ4v) is 5.32. The van der Waals surface area contributed by atoms with Crippen molar-refractivity contribution >= 4 is 17.5 Å². The fourth-order valence-electron chi connectivity index (χ4n) is 5.32.